The predicted octanol–water partition coefficient (Wildman–Crippen LogP) is 2.07. The van der Waals surface area contributed by atoms with E-state index in [2.05, 4.69) is 31.3 Å². The number of amides is 1. The molecule has 1 atom stereocenters. The van der Waals surface area contributed by atoms with Gasteiger partial charge in [-0.25, -0.2) is 10.2 Å². The van der Waals surface area contributed by atoms with Crippen molar-refractivity contribution in [3.63, 3.8) is 0 Å². The molecule has 0 spiro atoms. The molecule has 2 N–H and O–H groups in total. The van der Waals surface area contributed by atoms with Crippen molar-refractivity contribution in [1.29, 1.82) is 0 Å². The Bertz CT molecular complexity index is 240. The number of rotatable bonds is 1. The second kappa shape index (κ2) is 3.36. The van der Waals surface area contributed by atoms with E-state index in [0.29, 0.717) is 5.92 Å². The molecule has 0 heterocycles. The smallest absolute Gasteiger partial charge is 0.425 e. The van der Waals surface area contributed by atoms with E-state index < -0.39 is 6.09 Å². The SMILES string of the molecule is CC(C)(C)C1CCC1=NNC(=O)O. The van der Waals surface area contributed by atoms with Crippen LogP contribution in [0.3, 0.4) is 0 Å². The number of hydrogen-bond donors (Lipinski definition) is 2. The summed E-state index contributed by atoms with van der Waals surface area (Å²) in [5, 5.41) is 12.2. The van der Waals surface area contributed by atoms with Gasteiger partial charge in [0.15, 0.2) is 0 Å². The molecule has 0 radical (unpaired) electrons. The Morgan fingerprint density at radius 3 is 2.54 bits per heavy atom. The molecule has 13 heavy (non-hydrogen) atoms. The Labute approximate surface area is 78.0 Å². The lowest BCUT2D eigenvalue weighted by atomic mass is 9.67. The Hall–Kier alpha value is -1.06. The number of nitrogens with one attached hydrogen (secondary N) is 1. The summed E-state index contributed by atoms with van der Waals surface area (Å²) >= 11 is 0. The summed E-state index contributed by atoms with van der Waals surface area (Å²) in [4.78, 5) is 10.2. The Balaban J connectivity index is 2.54. The third-order valence-electron chi connectivity index (χ3n) is 2.43. The summed E-state index contributed by atoms with van der Waals surface area (Å²) < 4.78 is 0. The molecule has 1 aliphatic rings. The van der Waals surface area contributed by atoms with Gasteiger partial charge in [0.25, 0.3) is 0 Å². The molecule has 1 fully saturated rings. The predicted molar refractivity (Wildman–Crippen MR) is 50.8 cm³/mol. The van der Waals surface area contributed by atoms with Gasteiger partial charge in [-0.2, -0.15) is 5.10 Å². The first-order chi connectivity index (χ1) is 5.91. The summed E-state index contributed by atoms with van der Waals surface area (Å²) in [6.45, 7) is 6.44. The summed E-state index contributed by atoms with van der Waals surface area (Å²) in [5.41, 5.74) is 3.23. The fourth-order valence-electron chi connectivity index (χ4n) is 1.60. The van der Waals surface area contributed by atoms with Crippen LogP contribution in [0.25, 0.3) is 0 Å². The van der Waals surface area contributed by atoms with Crippen LogP contribution in [0, 0.1) is 11.3 Å². The van der Waals surface area contributed by atoms with E-state index in [0.717, 1.165) is 18.6 Å². The third-order valence-corrected chi connectivity index (χ3v) is 2.43. The van der Waals surface area contributed by atoms with Gasteiger partial charge in [0, 0.05) is 11.6 Å². The van der Waals surface area contributed by atoms with Gasteiger partial charge in [-0.3, -0.25) is 0 Å². The van der Waals surface area contributed by atoms with Crippen molar-refractivity contribution in [2.45, 2.75) is 33.6 Å². The van der Waals surface area contributed by atoms with E-state index >= 15 is 0 Å². The minimum absolute atomic E-state index is 0.192. The van der Waals surface area contributed by atoms with Crippen LogP contribution in [0.1, 0.15) is 33.6 Å². The summed E-state index contributed by atoms with van der Waals surface area (Å²) in [6, 6.07) is 0. The van der Waals surface area contributed by atoms with E-state index in [4.69, 9.17) is 5.11 Å². The second-order valence-corrected chi connectivity index (χ2v) is 4.48. The summed E-state index contributed by atoms with van der Waals surface area (Å²) in [5.74, 6) is 0.430. The lowest BCUT2D eigenvalue weighted by Gasteiger charge is -2.38. The van der Waals surface area contributed by atoms with E-state index in [9.17, 15) is 4.79 Å². The highest BCUT2D eigenvalue weighted by atomic mass is 16.4. The molecular weight excluding hydrogens is 168 g/mol. The van der Waals surface area contributed by atoms with Crippen molar-refractivity contribution in [3.05, 3.63) is 0 Å². The minimum atomic E-state index is -1.09. The maximum atomic E-state index is 10.2. The minimum Gasteiger partial charge on any atom is -0.464 e. The number of nitrogens with zero attached hydrogens (tertiary/aromatic N) is 1. The normalized spacial score (nSPS) is 25.5. The third kappa shape index (κ3) is 2.44. The lowest BCUT2D eigenvalue weighted by Crippen LogP contribution is -2.38. The highest BCUT2D eigenvalue weighted by Crippen LogP contribution is 2.38. The molecule has 0 aromatic heterocycles. The maximum absolute atomic E-state index is 10.2. The van der Waals surface area contributed by atoms with Gasteiger partial charge in [-0.15, -0.1) is 0 Å². The van der Waals surface area contributed by atoms with Crippen molar-refractivity contribution >= 4 is 11.8 Å². The van der Waals surface area contributed by atoms with Crippen LogP contribution >= 0.6 is 0 Å². The van der Waals surface area contributed by atoms with Crippen LogP contribution in [-0.2, 0) is 0 Å². The first-order valence-electron chi connectivity index (χ1n) is 4.46. The monoisotopic (exact) mass is 184 g/mol. The standard InChI is InChI=1S/C9H16N2O2/c1-9(2,3)6-4-5-7(6)10-11-8(12)13/h6,11H,4-5H2,1-3H3,(H,12,13). The molecule has 0 aromatic rings. The van der Waals surface area contributed by atoms with E-state index in [1.807, 2.05) is 0 Å². The molecule has 1 rings (SSSR count). The highest BCUT2D eigenvalue weighted by Gasteiger charge is 2.36. The molecule has 0 saturated heterocycles. The first kappa shape index (κ1) is 10.0. The number of hydrogen-bond acceptors (Lipinski definition) is 2. The van der Waals surface area contributed by atoms with Gasteiger partial charge in [0.2, 0.25) is 0 Å². The second-order valence-electron chi connectivity index (χ2n) is 4.48. The largest absolute Gasteiger partial charge is 0.464 e. The molecule has 0 aliphatic heterocycles. The molecule has 1 amide bonds. The average molecular weight is 184 g/mol. The van der Waals surface area contributed by atoms with Crippen LogP contribution in [0.4, 0.5) is 4.79 Å². The van der Waals surface area contributed by atoms with Crippen LogP contribution < -0.4 is 5.43 Å². The molecule has 0 aromatic carbocycles. The lowest BCUT2D eigenvalue weighted by molar-refractivity contribution is 0.194. The van der Waals surface area contributed by atoms with E-state index in [-0.39, 0.29) is 5.41 Å². The van der Waals surface area contributed by atoms with Crippen molar-refractivity contribution in [3.8, 4) is 0 Å². The number of carbonyl (C=O) groups is 1. The van der Waals surface area contributed by atoms with E-state index in [1.54, 1.807) is 0 Å². The Kier molecular flexibility index (Phi) is 2.59. The van der Waals surface area contributed by atoms with Gasteiger partial charge in [0.1, 0.15) is 0 Å². The fourth-order valence-corrected chi connectivity index (χ4v) is 1.60. The highest BCUT2D eigenvalue weighted by molar-refractivity contribution is 5.92. The first-order valence-corrected chi connectivity index (χ1v) is 4.46. The van der Waals surface area contributed by atoms with Gasteiger partial charge in [0.05, 0.1) is 0 Å². The van der Waals surface area contributed by atoms with Gasteiger partial charge < -0.3 is 5.11 Å². The van der Waals surface area contributed by atoms with Crippen LogP contribution in [0.15, 0.2) is 5.10 Å². The van der Waals surface area contributed by atoms with Crippen molar-refractivity contribution in [1.82, 2.24) is 5.43 Å². The van der Waals surface area contributed by atoms with Crippen molar-refractivity contribution in [2.24, 2.45) is 16.4 Å². The van der Waals surface area contributed by atoms with Crippen LogP contribution in [-0.4, -0.2) is 16.9 Å². The topological polar surface area (TPSA) is 61.7 Å². The van der Waals surface area contributed by atoms with Crippen LogP contribution in [0.5, 0.6) is 0 Å². The van der Waals surface area contributed by atoms with E-state index in [1.165, 1.54) is 0 Å². The molecule has 0 bridgehead atoms. The molecule has 1 aliphatic carbocycles. The zero-order valence-corrected chi connectivity index (χ0v) is 8.29. The quantitative estimate of drug-likeness (QED) is 0.613. The fraction of sp³-hybridized carbons (Fsp3) is 0.778. The van der Waals surface area contributed by atoms with Crippen molar-refractivity contribution in [2.75, 3.05) is 0 Å². The van der Waals surface area contributed by atoms with Gasteiger partial charge >= 0.3 is 6.09 Å². The molecule has 74 valence electrons. The van der Waals surface area contributed by atoms with Crippen molar-refractivity contribution < 1.29 is 9.90 Å². The maximum Gasteiger partial charge on any atom is 0.425 e. The average Bonchev–Trinajstić information content (AvgIpc) is 1.79. The molecule has 1 unspecified atom stereocenters. The number of carboxylic acid groups (broad SMARTS) is 1. The Morgan fingerprint density at radius 2 is 2.23 bits per heavy atom. The zero-order valence-electron chi connectivity index (χ0n) is 8.29. The zero-order chi connectivity index (χ0) is 10.1. The van der Waals surface area contributed by atoms with Gasteiger partial charge in [-0.05, 0) is 18.3 Å². The molecule has 4 heteroatoms. The summed E-state index contributed by atoms with van der Waals surface area (Å²) in [7, 11) is 0. The summed E-state index contributed by atoms with van der Waals surface area (Å²) in [6.07, 6.45) is 0.943. The van der Waals surface area contributed by atoms with Crippen LogP contribution in [0.2, 0.25) is 0 Å². The molecular formula is C9H16N2O2. The molecule has 1 saturated carbocycles. The molecule has 4 nitrogen and oxygen atoms in total. The van der Waals surface area contributed by atoms with Gasteiger partial charge in [-0.1, -0.05) is 20.8 Å². The number of hydrazone groups is 1. The Morgan fingerprint density at radius 1 is 1.62 bits per heavy atom.